The molecule has 0 aliphatic carbocycles. The Labute approximate surface area is 93.6 Å². The summed E-state index contributed by atoms with van der Waals surface area (Å²) in [6, 6.07) is 1.87. The first-order valence-electron chi connectivity index (χ1n) is 5.35. The minimum absolute atomic E-state index is 0.166. The molecule has 2 heterocycles. The molecule has 0 aromatic carbocycles. The Morgan fingerprint density at radius 3 is 2.94 bits per heavy atom. The summed E-state index contributed by atoms with van der Waals surface area (Å²) in [6.45, 7) is 2.93. The fraction of sp³-hybridized carbons (Fsp3) is 0.600. The maximum Gasteiger partial charge on any atom is 0.305 e. The Balaban J connectivity index is 1.77. The molecule has 6 heteroatoms. The van der Waals surface area contributed by atoms with E-state index in [9.17, 15) is 4.79 Å². The van der Waals surface area contributed by atoms with Crippen molar-refractivity contribution in [3.63, 3.8) is 0 Å². The second kappa shape index (κ2) is 4.63. The molecule has 0 saturated carbocycles. The van der Waals surface area contributed by atoms with Gasteiger partial charge in [0.15, 0.2) is 0 Å². The van der Waals surface area contributed by atoms with Gasteiger partial charge in [-0.05, 0) is 6.07 Å². The zero-order chi connectivity index (χ0) is 11.4. The van der Waals surface area contributed by atoms with Gasteiger partial charge in [0.25, 0.3) is 0 Å². The summed E-state index contributed by atoms with van der Waals surface area (Å²) in [6.07, 6.45) is 3.79. The number of nitrogens with zero attached hydrogens (tertiary/aromatic N) is 2. The first kappa shape index (κ1) is 11.1. The molecule has 1 aliphatic heterocycles. The van der Waals surface area contributed by atoms with E-state index in [0.29, 0.717) is 0 Å². The van der Waals surface area contributed by atoms with Crippen molar-refractivity contribution in [3.8, 4) is 0 Å². The maximum absolute atomic E-state index is 10.7. The van der Waals surface area contributed by atoms with Gasteiger partial charge in [-0.25, -0.2) is 0 Å². The molecule has 3 N–H and O–H groups in total. The molecule has 2 rings (SSSR count). The van der Waals surface area contributed by atoms with E-state index in [0.717, 1.165) is 26.2 Å². The zero-order valence-electron chi connectivity index (χ0n) is 9.02. The Bertz CT molecular complexity index is 346. The van der Waals surface area contributed by atoms with E-state index in [2.05, 4.69) is 15.7 Å². The number of hydrogen-bond acceptors (Lipinski definition) is 4. The van der Waals surface area contributed by atoms with Crippen LogP contribution in [0, 0.1) is 0 Å². The monoisotopic (exact) mass is 224 g/mol. The van der Waals surface area contributed by atoms with E-state index in [1.165, 1.54) is 0 Å². The lowest BCUT2D eigenvalue weighted by Gasteiger charge is -2.42. The van der Waals surface area contributed by atoms with Crippen LogP contribution in [0.5, 0.6) is 0 Å². The quantitative estimate of drug-likeness (QED) is 0.595. The van der Waals surface area contributed by atoms with Crippen molar-refractivity contribution in [2.24, 2.45) is 0 Å². The van der Waals surface area contributed by atoms with Gasteiger partial charge >= 0.3 is 5.97 Å². The average Bonchev–Trinajstić information content (AvgIpc) is 2.66. The molecular formula is C10H16N4O2. The molecule has 0 amide bonds. The molecule has 16 heavy (non-hydrogen) atoms. The van der Waals surface area contributed by atoms with E-state index in [1.807, 2.05) is 16.9 Å². The summed E-state index contributed by atoms with van der Waals surface area (Å²) in [5.41, 5.74) is -0.265. The Kier molecular flexibility index (Phi) is 3.21. The minimum Gasteiger partial charge on any atom is -0.481 e. The second-order valence-corrected chi connectivity index (χ2v) is 4.15. The highest BCUT2D eigenvalue weighted by Gasteiger charge is 2.38. The molecule has 0 spiro atoms. The molecule has 0 radical (unpaired) electrons. The summed E-state index contributed by atoms with van der Waals surface area (Å²) in [4.78, 5) is 10.7. The van der Waals surface area contributed by atoms with E-state index in [4.69, 9.17) is 5.11 Å². The fourth-order valence-electron chi connectivity index (χ4n) is 1.90. The SMILES string of the molecule is O=C(O)CC1(NCCn2cccn2)CNC1. The van der Waals surface area contributed by atoms with E-state index in [1.54, 1.807) is 6.20 Å². The predicted molar refractivity (Wildman–Crippen MR) is 58.1 cm³/mol. The Morgan fingerprint density at radius 2 is 2.44 bits per heavy atom. The lowest BCUT2D eigenvalue weighted by Crippen LogP contribution is -2.68. The van der Waals surface area contributed by atoms with Crippen LogP contribution < -0.4 is 10.6 Å². The lowest BCUT2D eigenvalue weighted by molar-refractivity contribution is -0.139. The number of aliphatic carboxylic acids is 1. The van der Waals surface area contributed by atoms with Gasteiger partial charge in [0, 0.05) is 32.0 Å². The van der Waals surface area contributed by atoms with Crippen LogP contribution in [0.15, 0.2) is 18.5 Å². The molecule has 0 unspecified atom stereocenters. The van der Waals surface area contributed by atoms with Crippen molar-refractivity contribution < 1.29 is 9.90 Å². The summed E-state index contributed by atoms with van der Waals surface area (Å²) < 4.78 is 1.83. The third-order valence-electron chi connectivity index (χ3n) is 2.82. The van der Waals surface area contributed by atoms with E-state index >= 15 is 0 Å². The number of aromatic nitrogens is 2. The van der Waals surface area contributed by atoms with Crippen LogP contribution in [0.3, 0.4) is 0 Å². The van der Waals surface area contributed by atoms with Gasteiger partial charge in [0.2, 0.25) is 0 Å². The van der Waals surface area contributed by atoms with Crippen LogP contribution in [0.25, 0.3) is 0 Å². The van der Waals surface area contributed by atoms with Gasteiger partial charge in [-0.2, -0.15) is 5.10 Å². The van der Waals surface area contributed by atoms with Gasteiger partial charge in [-0.3, -0.25) is 9.48 Å². The largest absolute Gasteiger partial charge is 0.481 e. The van der Waals surface area contributed by atoms with Gasteiger partial charge in [-0.15, -0.1) is 0 Å². The molecule has 1 saturated heterocycles. The van der Waals surface area contributed by atoms with Crippen LogP contribution in [0.4, 0.5) is 0 Å². The molecule has 1 aliphatic rings. The van der Waals surface area contributed by atoms with Crippen LogP contribution in [-0.4, -0.2) is 46.0 Å². The highest BCUT2D eigenvalue weighted by Crippen LogP contribution is 2.15. The van der Waals surface area contributed by atoms with Crippen molar-refractivity contribution in [1.82, 2.24) is 20.4 Å². The minimum atomic E-state index is -0.756. The lowest BCUT2D eigenvalue weighted by atomic mass is 9.88. The van der Waals surface area contributed by atoms with Crippen molar-refractivity contribution >= 4 is 5.97 Å². The summed E-state index contributed by atoms with van der Waals surface area (Å²) >= 11 is 0. The molecule has 6 nitrogen and oxygen atoms in total. The summed E-state index contributed by atoms with van der Waals surface area (Å²) in [7, 11) is 0. The van der Waals surface area contributed by atoms with Gasteiger partial charge in [0.05, 0.1) is 18.5 Å². The Hall–Kier alpha value is -1.40. The first-order chi connectivity index (χ1) is 7.70. The smallest absolute Gasteiger partial charge is 0.305 e. The zero-order valence-corrected chi connectivity index (χ0v) is 9.02. The van der Waals surface area contributed by atoms with Crippen LogP contribution in [0.1, 0.15) is 6.42 Å². The normalized spacial score (nSPS) is 18.0. The van der Waals surface area contributed by atoms with Crippen LogP contribution in [0.2, 0.25) is 0 Å². The number of nitrogens with one attached hydrogen (secondary N) is 2. The van der Waals surface area contributed by atoms with Crippen LogP contribution in [-0.2, 0) is 11.3 Å². The summed E-state index contributed by atoms with van der Waals surface area (Å²) in [5.74, 6) is -0.756. The van der Waals surface area contributed by atoms with E-state index in [-0.39, 0.29) is 12.0 Å². The Morgan fingerprint density at radius 1 is 1.62 bits per heavy atom. The molecule has 1 aromatic rings. The number of carboxylic acid groups (broad SMARTS) is 1. The average molecular weight is 224 g/mol. The number of carbonyl (C=O) groups is 1. The first-order valence-corrected chi connectivity index (χ1v) is 5.35. The molecule has 0 bridgehead atoms. The number of hydrogen-bond donors (Lipinski definition) is 3. The molecular weight excluding hydrogens is 208 g/mol. The van der Waals surface area contributed by atoms with Gasteiger partial charge in [0.1, 0.15) is 0 Å². The van der Waals surface area contributed by atoms with E-state index < -0.39 is 5.97 Å². The third kappa shape index (κ3) is 2.59. The van der Waals surface area contributed by atoms with Crippen molar-refractivity contribution in [2.75, 3.05) is 19.6 Å². The topological polar surface area (TPSA) is 79.2 Å². The number of carboxylic acids is 1. The van der Waals surface area contributed by atoms with Crippen LogP contribution >= 0.6 is 0 Å². The van der Waals surface area contributed by atoms with Crippen molar-refractivity contribution in [1.29, 1.82) is 0 Å². The highest BCUT2D eigenvalue weighted by atomic mass is 16.4. The van der Waals surface area contributed by atoms with Crippen molar-refractivity contribution in [3.05, 3.63) is 18.5 Å². The molecule has 0 atom stereocenters. The standard InChI is InChI=1S/C10H16N4O2/c15-9(16)6-10(7-11-8-10)12-3-5-14-4-1-2-13-14/h1-2,4,11-12H,3,5-8H2,(H,15,16). The summed E-state index contributed by atoms with van der Waals surface area (Å²) in [5, 5.41) is 19.3. The number of rotatable bonds is 6. The fourth-order valence-corrected chi connectivity index (χ4v) is 1.90. The predicted octanol–water partition coefficient (Wildman–Crippen LogP) is -0.711. The van der Waals surface area contributed by atoms with Gasteiger partial charge in [-0.1, -0.05) is 0 Å². The molecule has 1 aromatic heterocycles. The second-order valence-electron chi connectivity index (χ2n) is 4.15. The molecule has 88 valence electrons. The highest BCUT2D eigenvalue weighted by molar-refractivity contribution is 5.68. The third-order valence-corrected chi connectivity index (χ3v) is 2.82. The van der Waals surface area contributed by atoms with Crippen molar-refractivity contribution in [2.45, 2.75) is 18.5 Å². The maximum atomic E-state index is 10.7. The molecule has 1 fully saturated rings. The van der Waals surface area contributed by atoms with Gasteiger partial charge < -0.3 is 15.7 Å².